The average molecular weight is 369 g/mol. The number of hydrogen-bond donors (Lipinski definition) is 3. The summed E-state index contributed by atoms with van der Waals surface area (Å²) >= 11 is 0. The highest BCUT2D eigenvalue weighted by Crippen LogP contribution is 2.34. The number of hydrogen-bond acceptors (Lipinski definition) is 4. The summed E-state index contributed by atoms with van der Waals surface area (Å²) in [5, 5.41) is 8.36. The van der Waals surface area contributed by atoms with E-state index in [-0.39, 0.29) is 12.5 Å². The number of fused-ring (bicyclic) bond motifs is 1. The third kappa shape index (κ3) is 4.31. The standard InChI is InChI=1S/C20H23N3O4/c1-4-26-16-8-6-5-7-14(16)23-19(25)21-13-9-10-17-15(11-13)22-18(24)20(2,3)12-27-17/h5-11H,4,12H2,1-3H3,(H,22,24)(H2,21,23,25). The van der Waals surface area contributed by atoms with Gasteiger partial charge in [0.1, 0.15) is 18.1 Å². The molecular weight excluding hydrogens is 346 g/mol. The second-order valence-corrected chi connectivity index (χ2v) is 6.85. The summed E-state index contributed by atoms with van der Waals surface area (Å²) in [6, 6.07) is 11.9. The van der Waals surface area contributed by atoms with Gasteiger partial charge in [0.25, 0.3) is 0 Å². The predicted molar refractivity (Wildman–Crippen MR) is 105 cm³/mol. The van der Waals surface area contributed by atoms with Crippen LogP contribution in [0.4, 0.5) is 21.9 Å². The van der Waals surface area contributed by atoms with Crippen LogP contribution in [-0.2, 0) is 4.79 Å². The fourth-order valence-electron chi connectivity index (χ4n) is 2.58. The van der Waals surface area contributed by atoms with Crippen LogP contribution in [0.15, 0.2) is 42.5 Å². The van der Waals surface area contributed by atoms with E-state index in [4.69, 9.17) is 9.47 Å². The molecule has 2 aromatic carbocycles. The lowest BCUT2D eigenvalue weighted by atomic mass is 9.94. The largest absolute Gasteiger partial charge is 0.492 e. The number of ether oxygens (including phenoxy) is 2. The minimum Gasteiger partial charge on any atom is -0.492 e. The molecule has 0 saturated carbocycles. The molecule has 0 aliphatic carbocycles. The van der Waals surface area contributed by atoms with Crippen molar-refractivity contribution in [1.82, 2.24) is 0 Å². The minimum absolute atomic E-state index is 0.131. The van der Waals surface area contributed by atoms with Crippen LogP contribution in [0.25, 0.3) is 0 Å². The van der Waals surface area contributed by atoms with Crippen molar-refractivity contribution in [2.24, 2.45) is 5.41 Å². The van der Waals surface area contributed by atoms with Crippen LogP contribution in [0.2, 0.25) is 0 Å². The Hall–Kier alpha value is -3.22. The summed E-state index contributed by atoms with van der Waals surface area (Å²) in [4.78, 5) is 24.6. The van der Waals surface area contributed by atoms with Crippen molar-refractivity contribution < 1.29 is 19.1 Å². The van der Waals surface area contributed by atoms with Crippen LogP contribution in [0.5, 0.6) is 11.5 Å². The smallest absolute Gasteiger partial charge is 0.323 e. The van der Waals surface area contributed by atoms with Gasteiger partial charge in [0, 0.05) is 5.69 Å². The van der Waals surface area contributed by atoms with Crippen LogP contribution >= 0.6 is 0 Å². The topological polar surface area (TPSA) is 88.7 Å². The van der Waals surface area contributed by atoms with Gasteiger partial charge in [-0.05, 0) is 51.1 Å². The zero-order valence-electron chi connectivity index (χ0n) is 15.6. The van der Waals surface area contributed by atoms with Gasteiger partial charge in [0.05, 0.1) is 23.4 Å². The highest BCUT2D eigenvalue weighted by molar-refractivity contribution is 6.02. The summed E-state index contributed by atoms with van der Waals surface area (Å²) in [6.07, 6.45) is 0. The van der Waals surface area contributed by atoms with Crippen LogP contribution in [0.1, 0.15) is 20.8 Å². The first-order valence-electron chi connectivity index (χ1n) is 8.77. The fraction of sp³-hybridized carbons (Fsp3) is 0.300. The molecule has 0 radical (unpaired) electrons. The minimum atomic E-state index is -0.632. The molecule has 3 N–H and O–H groups in total. The van der Waals surface area contributed by atoms with E-state index < -0.39 is 11.4 Å². The maximum absolute atomic E-state index is 12.3. The van der Waals surface area contributed by atoms with E-state index in [0.29, 0.717) is 35.2 Å². The number of para-hydroxylation sites is 2. The third-order valence-electron chi connectivity index (χ3n) is 4.12. The van der Waals surface area contributed by atoms with Crippen LogP contribution in [-0.4, -0.2) is 25.2 Å². The Morgan fingerprint density at radius 3 is 2.78 bits per heavy atom. The molecule has 0 atom stereocenters. The third-order valence-corrected chi connectivity index (χ3v) is 4.12. The zero-order chi connectivity index (χ0) is 19.4. The van der Waals surface area contributed by atoms with E-state index in [9.17, 15) is 9.59 Å². The quantitative estimate of drug-likeness (QED) is 0.757. The molecule has 3 rings (SSSR count). The molecule has 0 spiro atoms. The molecule has 0 fully saturated rings. The monoisotopic (exact) mass is 369 g/mol. The predicted octanol–water partition coefficient (Wildman–Crippen LogP) is 4.09. The molecule has 1 aliphatic heterocycles. The Bertz CT molecular complexity index is 864. The van der Waals surface area contributed by atoms with Crippen LogP contribution in [0.3, 0.4) is 0 Å². The lowest BCUT2D eigenvalue weighted by Gasteiger charge is -2.18. The van der Waals surface area contributed by atoms with Crippen molar-refractivity contribution in [1.29, 1.82) is 0 Å². The second kappa shape index (κ2) is 7.57. The first-order chi connectivity index (χ1) is 12.9. The number of nitrogens with one attached hydrogen (secondary N) is 3. The number of urea groups is 1. The van der Waals surface area contributed by atoms with Gasteiger partial charge < -0.3 is 25.4 Å². The molecule has 7 heteroatoms. The molecule has 0 bridgehead atoms. The van der Waals surface area contributed by atoms with E-state index in [1.165, 1.54) is 0 Å². The van der Waals surface area contributed by atoms with Gasteiger partial charge >= 0.3 is 6.03 Å². The molecule has 0 unspecified atom stereocenters. The van der Waals surface area contributed by atoms with E-state index in [1.54, 1.807) is 30.3 Å². The summed E-state index contributed by atoms with van der Waals surface area (Å²) in [5.74, 6) is 1.04. The molecule has 7 nitrogen and oxygen atoms in total. The molecule has 0 aromatic heterocycles. The molecule has 1 heterocycles. The first-order valence-corrected chi connectivity index (χ1v) is 8.77. The fourth-order valence-corrected chi connectivity index (χ4v) is 2.58. The second-order valence-electron chi connectivity index (χ2n) is 6.85. The van der Waals surface area contributed by atoms with Crippen LogP contribution < -0.4 is 25.4 Å². The first kappa shape index (κ1) is 18.6. The van der Waals surface area contributed by atoms with Crippen molar-refractivity contribution in [3.8, 4) is 11.5 Å². The molecule has 3 amide bonds. The summed E-state index contributed by atoms with van der Waals surface area (Å²) < 4.78 is 11.2. The van der Waals surface area contributed by atoms with Gasteiger partial charge in [0.2, 0.25) is 5.91 Å². The molecule has 27 heavy (non-hydrogen) atoms. The Kier molecular flexibility index (Phi) is 5.21. The molecule has 142 valence electrons. The summed E-state index contributed by atoms with van der Waals surface area (Å²) in [5.41, 5.74) is 0.999. The van der Waals surface area contributed by atoms with Crippen molar-refractivity contribution in [3.05, 3.63) is 42.5 Å². The van der Waals surface area contributed by atoms with Gasteiger partial charge in [0.15, 0.2) is 0 Å². The van der Waals surface area contributed by atoms with E-state index in [0.717, 1.165) is 0 Å². The number of carbonyl (C=O) groups excluding carboxylic acids is 2. The highest BCUT2D eigenvalue weighted by atomic mass is 16.5. The highest BCUT2D eigenvalue weighted by Gasteiger charge is 2.32. The Morgan fingerprint density at radius 1 is 1.22 bits per heavy atom. The lowest BCUT2D eigenvalue weighted by Crippen LogP contribution is -2.33. The summed E-state index contributed by atoms with van der Waals surface area (Å²) in [6.45, 7) is 6.30. The number of anilines is 3. The van der Waals surface area contributed by atoms with E-state index >= 15 is 0 Å². The van der Waals surface area contributed by atoms with Crippen molar-refractivity contribution in [2.45, 2.75) is 20.8 Å². The Balaban J connectivity index is 1.72. The zero-order valence-corrected chi connectivity index (χ0v) is 15.6. The number of amides is 3. The van der Waals surface area contributed by atoms with Crippen molar-refractivity contribution >= 4 is 29.0 Å². The lowest BCUT2D eigenvalue weighted by molar-refractivity contribution is -0.124. The van der Waals surface area contributed by atoms with Gasteiger partial charge in [-0.15, -0.1) is 0 Å². The number of rotatable bonds is 4. The normalized spacial score (nSPS) is 14.9. The summed E-state index contributed by atoms with van der Waals surface area (Å²) in [7, 11) is 0. The van der Waals surface area contributed by atoms with Crippen molar-refractivity contribution in [3.63, 3.8) is 0 Å². The van der Waals surface area contributed by atoms with Crippen molar-refractivity contribution in [2.75, 3.05) is 29.2 Å². The Labute approximate surface area is 158 Å². The van der Waals surface area contributed by atoms with E-state index in [1.807, 2.05) is 32.9 Å². The van der Waals surface area contributed by atoms with Gasteiger partial charge in [-0.25, -0.2) is 4.79 Å². The van der Waals surface area contributed by atoms with Gasteiger partial charge in [-0.2, -0.15) is 0 Å². The van der Waals surface area contributed by atoms with E-state index in [2.05, 4.69) is 16.0 Å². The maximum atomic E-state index is 12.3. The molecule has 1 aliphatic rings. The SMILES string of the molecule is CCOc1ccccc1NC(=O)Nc1ccc2c(c1)NC(=O)C(C)(C)CO2. The molecular formula is C20H23N3O4. The van der Waals surface area contributed by atoms with Crippen LogP contribution in [0, 0.1) is 5.41 Å². The number of benzene rings is 2. The van der Waals surface area contributed by atoms with Gasteiger partial charge in [-0.3, -0.25) is 4.79 Å². The van der Waals surface area contributed by atoms with Gasteiger partial charge in [-0.1, -0.05) is 12.1 Å². The average Bonchev–Trinajstić information content (AvgIpc) is 2.73. The number of carbonyl (C=O) groups is 2. The molecule has 2 aromatic rings. The maximum Gasteiger partial charge on any atom is 0.323 e. The Morgan fingerprint density at radius 2 is 2.00 bits per heavy atom. The molecule has 0 saturated heterocycles.